The van der Waals surface area contributed by atoms with Crippen molar-refractivity contribution < 1.29 is 45.6 Å². The molecule has 282 valence electrons. The molecule has 2 aromatic carbocycles. The van der Waals surface area contributed by atoms with E-state index in [4.69, 9.17) is 36.0 Å². The van der Waals surface area contributed by atoms with Gasteiger partial charge in [-0.2, -0.15) is 0 Å². The first-order chi connectivity index (χ1) is 23.8. The van der Waals surface area contributed by atoms with Gasteiger partial charge in [-0.1, -0.05) is 86.8 Å². The van der Waals surface area contributed by atoms with Crippen LogP contribution in [0.3, 0.4) is 0 Å². The van der Waals surface area contributed by atoms with E-state index in [2.05, 4.69) is 32.2 Å². The second kappa shape index (κ2) is 25.9. The van der Waals surface area contributed by atoms with E-state index in [1.807, 2.05) is 68.5 Å². The lowest BCUT2D eigenvalue weighted by molar-refractivity contribution is -0.154. The Bertz CT molecular complexity index is 1200. The minimum atomic E-state index is -2.60. The van der Waals surface area contributed by atoms with Gasteiger partial charge in [-0.3, -0.25) is 4.79 Å². The van der Waals surface area contributed by atoms with Gasteiger partial charge in [0, 0.05) is 60.3 Å². The van der Waals surface area contributed by atoms with Crippen LogP contribution in [0, 0.1) is 5.41 Å². The summed E-state index contributed by atoms with van der Waals surface area (Å²) >= 11 is 0. The van der Waals surface area contributed by atoms with E-state index in [-0.39, 0.29) is 11.9 Å². The molecular weight excluding hydrogens is 673 g/mol. The Kier molecular flexibility index (Phi) is 24.4. The monoisotopic (exact) mass is 734 g/mol. The number of rotatable bonds is 21. The van der Waals surface area contributed by atoms with Gasteiger partial charge < -0.3 is 36.0 Å². The van der Waals surface area contributed by atoms with Gasteiger partial charge in [0.2, 0.25) is 0 Å². The third-order valence-corrected chi connectivity index (χ3v) is 13.7. The molecule has 0 amide bonds. The maximum absolute atomic E-state index is 12.6. The number of hydrogen-bond acceptors (Lipinski definition) is 10. The summed E-state index contributed by atoms with van der Waals surface area (Å²) in [6.45, 7) is 15.5. The molecule has 1 unspecified atom stereocenters. The van der Waals surface area contributed by atoms with E-state index in [1.165, 1.54) is 11.1 Å². The van der Waals surface area contributed by atoms with Crippen molar-refractivity contribution >= 4 is 35.6 Å². The molecule has 2 aromatic rings. The van der Waals surface area contributed by atoms with E-state index >= 15 is 0 Å². The molecular formula is C38H62O10Si2. The van der Waals surface area contributed by atoms with Gasteiger partial charge in [-0.15, -0.1) is 0 Å². The highest BCUT2D eigenvalue weighted by atomic mass is 28.4. The molecule has 0 N–H and O–H groups in total. The molecule has 0 heterocycles. The summed E-state index contributed by atoms with van der Waals surface area (Å²) in [7, 11) is 4.29. The Labute approximate surface area is 303 Å². The minimum Gasteiger partial charge on any atom is -0.465 e. The van der Waals surface area contributed by atoms with Gasteiger partial charge in [0.05, 0.1) is 18.6 Å². The van der Waals surface area contributed by atoms with Gasteiger partial charge >= 0.3 is 29.5 Å². The van der Waals surface area contributed by atoms with Gasteiger partial charge in [-0.25, -0.2) is 4.79 Å². The normalized spacial score (nSPS) is 12.0. The van der Waals surface area contributed by atoms with Gasteiger partial charge in [0.25, 0.3) is 0 Å². The lowest BCUT2D eigenvalue weighted by Crippen LogP contribution is -2.42. The van der Waals surface area contributed by atoms with Crippen molar-refractivity contribution in [3.63, 3.8) is 0 Å². The lowest BCUT2D eigenvalue weighted by atomic mass is 9.79. The third-order valence-electron chi connectivity index (χ3n) is 8.04. The van der Waals surface area contributed by atoms with Crippen LogP contribution in [0.1, 0.15) is 70.4 Å². The first-order valence-electron chi connectivity index (χ1n) is 16.8. The van der Waals surface area contributed by atoms with Crippen LogP contribution in [0.5, 0.6) is 0 Å². The minimum absolute atomic E-state index is 0.161. The Balaban J connectivity index is 0.000000840. The topological polar surface area (TPSA) is 108 Å². The van der Waals surface area contributed by atoms with Crippen molar-refractivity contribution in [3.8, 4) is 0 Å². The van der Waals surface area contributed by atoms with Crippen molar-refractivity contribution in [3.05, 3.63) is 90.5 Å². The van der Waals surface area contributed by atoms with Gasteiger partial charge in [0.15, 0.2) is 0 Å². The zero-order valence-corrected chi connectivity index (χ0v) is 34.1. The second-order valence-corrected chi connectivity index (χ2v) is 18.3. The van der Waals surface area contributed by atoms with Gasteiger partial charge in [-0.05, 0) is 63.5 Å². The van der Waals surface area contributed by atoms with E-state index < -0.39 is 23.0 Å². The fourth-order valence-electron chi connectivity index (χ4n) is 4.85. The van der Waals surface area contributed by atoms with Crippen LogP contribution >= 0.6 is 0 Å². The highest BCUT2D eigenvalue weighted by Gasteiger charge is 2.38. The third kappa shape index (κ3) is 17.8. The Morgan fingerprint density at radius 1 is 0.740 bits per heavy atom. The smallest absolute Gasteiger partial charge is 0.465 e. The molecule has 0 saturated carbocycles. The fraction of sp³-hybridized carbons (Fsp3) is 0.526. The highest BCUT2D eigenvalue weighted by Crippen LogP contribution is 2.35. The van der Waals surface area contributed by atoms with Crippen LogP contribution in [-0.2, 0) is 45.6 Å². The van der Waals surface area contributed by atoms with Crippen molar-refractivity contribution in [2.24, 2.45) is 5.41 Å². The largest absolute Gasteiger partial charge is 0.500 e. The Morgan fingerprint density at radius 3 is 1.52 bits per heavy atom. The predicted molar refractivity (Wildman–Crippen MR) is 204 cm³/mol. The number of benzene rings is 2. The number of ether oxygens (including phenoxy) is 2. The van der Waals surface area contributed by atoms with E-state index in [9.17, 15) is 9.59 Å². The van der Waals surface area contributed by atoms with Crippen LogP contribution in [0.4, 0.5) is 0 Å². The summed E-state index contributed by atoms with van der Waals surface area (Å²) in [6, 6.07) is 21.6. The lowest BCUT2D eigenvalue weighted by Gasteiger charge is -2.28. The Morgan fingerprint density at radius 2 is 1.16 bits per heavy atom. The quantitative estimate of drug-likeness (QED) is 0.0540. The standard InChI is InChI=1S/C20H34O5Si.C10H20O5Si.C8H8/c1-7-17(18-12-9-8-10-13-18)16-20(2,3)19(21)25-14-11-15-26(22-4,23-5)24-6;1-9(2)10(11)15-7-6-8-16(12-3,13-4)14-5;1-2-8-6-4-3-5-7-8/h8-10,12-13,17H,7,11,14-16H2,1-6H3;1,6-8H2,2-5H3;2-7H,1H2. The molecule has 10 nitrogen and oxygen atoms in total. The highest BCUT2D eigenvalue weighted by molar-refractivity contribution is 6.60. The molecule has 12 heteroatoms. The van der Waals surface area contributed by atoms with Crippen LogP contribution in [0.15, 0.2) is 79.4 Å². The number of carbonyl (C=O) groups excluding carboxylic acids is 2. The maximum Gasteiger partial charge on any atom is 0.500 e. The molecule has 1 atom stereocenters. The number of hydrogen-bond donors (Lipinski definition) is 0. The van der Waals surface area contributed by atoms with Gasteiger partial charge in [0.1, 0.15) is 0 Å². The van der Waals surface area contributed by atoms with Crippen LogP contribution in [-0.4, -0.2) is 85.4 Å². The molecule has 0 aliphatic heterocycles. The molecule has 0 bridgehead atoms. The molecule has 0 aliphatic rings. The van der Waals surface area contributed by atoms with Crippen molar-refractivity contribution in [1.29, 1.82) is 0 Å². The van der Waals surface area contributed by atoms with Crippen LogP contribution in [0.2, 0.25) is 12.1 Å². The van der Waals surface area contributed by atoms with Crippen molar-refractivity contribution in [2.45, 2.75) is 71.4 Å². The predicted octanol–water partition coefficient (Wildman–Crippen LogP) is 8.11. The SMILES string of the molecule is C=C(C)C(=O)OCCC[Si](OC)(OC)OC.C=Cc1ccccc1.CCC(CC(C)(C)C(=O)OCCC[Si](OC)(OC)OC)c1ccccc1. The zero-order valence-electron chi connectivity index (χ0n) is 32.1. The molecule has 0 fully saturated rings. The molecule has 0 saturated heterocycles. The molecule has 50 heavy (non-hydrogen) atoms. The van der Waals surface area contributed by atoms with Crippen LogP contribution in [0.25, 0.3) is 6.08 Å². The summed E-state index contributed by atoms with van der Waals surface area (Å²) < 4.78 is 42.3. The van der Waals surface area contributed by atoms with Crippen molar-refractivity contribution in [1.82, 2.24) is 0 Å². The van der Waals surface area contributed by atoms with E-state index in [0.29, 0.717) is 49.6 Å². The molecule has 0 radical (unpaired) electrons. The summed E-state index contributed by atoms with van der Waals surface area (Å²) in [4.78, 5) is 23.6. The molecule has 0 aromatic heterocycles. The summed E-state index contributed by atoms with van der Waals surface area (Å²) in [5.41, 5.74) is 2.31. The fourth-order valence-corrected chi connectivity index (χ4v) is 8.23. The summed E-state index contributed by atoms with van der Waals surface area (Å²) in [5.74, 6) is -0.194. The van der Waals surface area contributed by atoms with E-state index in [0.717, 1.165) is 12.8 Å². The first kappa shape index (κ1) is 47.1. The summed E-state index contributed by atoms with van der Waals surface area (Å²) in [5, 5.41) is 0. The average Bonchev–Trinajstić information content (AvgIpc) is 3.15. The number of carbonyl (C=O) groups is 2. The molecule has 2 rings (SSSR count). The summed E-state index contributed by atoms with van der Waals surface area (Å²) in [6.07, 6.45) is 4.88. The zero-order chi connectivity index (χ0) is 38.1. The maximum atomic E-state index is 12.6. The molecule has 0 spiro atoms. The Hall–Kier alpha value is -2.95. The first-order valence-corrected chi connectivity index (χ1v) is 20.7. The molecule has 0 aliphatic carbocycles. The van der Waals surface area contributed by atoms with E-state index in [1.54, 1.807) is 49.6 Å². The average molecular weight is 735 g/mol. The second-order valence-electron chi connectivity index (χ2n) is 12.1. The van der Waals surface area contributed by atoms with Crippen LogP contribution < -0.4 is 0 Å². The van der Waals surface area contributed by atoms with Crippen molar-refractivity contribution in [2.75, 3.05) is 55.9 Å². The number of esters is 2.